The summed E-state index contributed by atoms with van der Waals surface area (Å²) in [5.41, 5.74) is 0. The Morgan fingerprint density at radius 3 is 2.00 bits per heavy atom. The van der Waals surface area contributed by atoms with E-state index in [-0.39, 0.29) is 0 Å². The molecule has 0 bridgehead atoms. The van der Waals surface area contributed by atoms with Crippen LogP contribution in [0.1, 0.15) is 60.3 Å². The Balaban J connectivity index is 3.70. The molecule has 0 fully saturated rings. The minimum Gasteiger partial charge on any atom is -0.0654 e. The summed E-state index contributed by atoms with van der Waals surface area (Å²) in [4.78, 5) is 0. The van der Waals surface area contributed by atoms with Crippen molar-refractivity contribution in [1.29, 1.82) is 0 Å². The van der Waals surface area contributed by atoms with Crippen molar-refractivity contribution in [2.24, 2.45) is 11.8 Å². The molecular formula is C12H25. The molecule has 0 saturated heterocycles. The lowest BCUT2D eigenvalue weighted by molar-refractivity contribution is 0.471. The first-order valence-corrected chi connectivity index (χ1v) is 5.42. The van der Waals surface area contributed by atoms with Crippen LogP contribution in [-0.2, 0) is 0 Å². The van der Waals surface area contributed by atoms with Gasteiger partial charge < -0.3 is 0 Å². The quantitative estimate of drug-likeness (QED) is 0.551. The Morgan fingerprint density at radius 1 is 1.08 bits per heavy atom. The van der Waals surface area contributed by atoms with Gasteiger partial charge in [-0.15, -0.1) is 0 Å². The third kappa shape index (κ3) is 5.62. The van der Waals surface area contributed by atoms with Gasteiger partial charge in [0.15, 0.2) is 0 Å². The Kier molecular flexibility index (Phi) is 6.51. The van der Waals surface area contributed by atoms with Crippen molar-refractivity contribution in [3.8, 4) is 0 Å². The molecule has 0 aliphatic heterocycles. The number of hydrogen-bond donors (Lipinski definition) is 0. The zero-order chi connectivity index (χ0) is 9.56. The molecule has 0 unspecified atom stereocenters. The summed E-state index contributed by atoms with van der Waals surface area (Å²) >= 11 is 0. The number of hydrogen-bond acceptors (Lipinski definition) is 0. The van der Waals surface area contributed by atoms with Crippen LogP contribution in [0.4, 0.5) is 0 Å². The summed E-state index contributed by atoms with van der Waals surface area (Å²) in [5.74, 6) is 3.39. The van der Waals surface area contributed by atoms with E-state index in [1.807, 2.05) is 0 Å². The first-order valence-electron chi connectivity index (χ1n) is 5.42. The van der Waals surface area contributed by atoms with Gasteiger partial charge in [0.25, 0.3) is 0 Å². The molecule has 0 aliphatic rings. The SMILES string of the molecule is CCCC[C](CC(C)C)C(C)C. The molecule has 0 amide bonds. The average Bonchev–Trinajstić information content (AvgIpc) is 1.96. The highest BCUT2D eigenvalue weighted by molar-refractivity contribution is 4.93. The highest BCUT2D eigenvalue weighted by Gasteiger charge is 2.14. The minimum absolute atomic E-state index is 0.791. The van der Waals surface area contributed by atoms with E-state index in [0.29, 0.717) is 0 Å². The first-order chi connectivity index (χ1) is 5.57. The van der Waals surface area contributed by atoms with Crippen molar-refractivity contribution in [2.45, 2.75) is 60.3 Å². The van der Waals surface area contributed by atoms with E-state index < -0.39 is 0 Å². The van der Waals surface area contributed by atoms with Gasteiger partial charge in [0.05, 0.1) is 0 Å². The van der Waals surface area contributed by atoms with Crippen LogP contribution in [-0.4, -0.2) is 0 Å². The van der Waals surface area contributed by atoms with Gasteiger partial charge in [-0.1, -0.05) is 47.5 Å². The predicted molar refractivity (Wildman–Crippen MR) is 57.1 cm³/mol. The fraction of sp³-hybridized carbons (Fsp3) is 0.917. The lowest BCUT2D eigenvalue weighted by Gasteiger charge is -2.21. The van der Waals surface area contributed by atoms with Gasteiger partial charge in [-0.2, -0.15) is 0 Å². The van der Waals surface area contributed by atoms with Crippen LogP contribution in [0.25, 0.3) is 0 Å². The van der Waals surface area contributed by atoms with E-state index in [1.54, 1.807) is 5.92 Å². The highest BCUT2D eigenvalue weighted by atomic mass is 14.2. The molecule has 0 aromatic carbocycles. The Bertz CT molecular complexity index is 92.2. The monoisotopic (exact) mass is 169 g/mol. The number of unbranched alkanes of at least 4 members (excludes halogenated alkanes) is 1. The van der Waals surface area contributed by atoms with Crippen molar-refractivity contribution >= 4 is 0 Å². The van der Waals surface area contributed by atoms with Gasteiger partial charge in [-0.25, -0.2) is 0 Å². The van der Waals surface area contributed by atoms with E-state index in [2.05, 4.69) is 34.6 Å². The summed E-state index contributed by atoms with van der Waals surface area (Å²) in [6.45, 7) is 11.6. The Morgan fingerprint density at radius 2 is 1.67 bits per heavy atom. The van der Waals surface area contributed by atoms with E-state index in [9.17, 15) is 0 Å². The lowest BCUT2D eigenvalue weighted by Crippen LogP contribution is -2.09. The molecule has 1 radical (unpaired) electrons. The van der Waals surface area contributed by atoms with Crippen LogP contribution in [0.15, 0.2) is 0 Å². The molecule has 0 spiro atoms. The predicted octanol–water partition coefficient (Wildman–Crippen LogP) is 4.45. The maximum atomic E-state index is 2.33. The molecule has 0 aromatic heterocycles. The molecule has 0 N–H and O–H groups in total. The molecule has 0 saturated carbocycles. The molecule has 0 heterocycles. The van der Waals surface area contributed by atoms with Gasteiger partial charge >= 0.3 is 0 Å². The normalized spacial score (nSPS) is 12.0. The molecule has 0 aliphatic carbocycles. The molecule has 12 heavy (non-hydrogen) atoms. The van der Waals surface area contributed by atoms with Crippen molar-refractivity contribution < 1.29 is 0 Å². The van der Waals surface area contributed by atoms with Crippen LogP contribution >= 0.6 is 0 Å². The third-order valence-corrected chi connectivity index (χ3v) is 2.34. The van der Waals surface area contributed by atoms with Gasteiger partial charge in [-0.05, 0) is 30.6 Å². The summed E-state index contributed by atoms with van der Waals surface area (Å²) in [6.07, 6.45) is 5.39. The van der Waals surface area contributed by atoms with Crippen molar-refractivity contribution in [2.75, 3.05) is 0 Å². The van der Waals surface area contributed by atoms with Crippen LogP contribution in [0.5, 0.6) is 0 Å². The topological polar surface area (TPSA) is 0 Å². The van der Waals surface area contributed by atoms with Gasteiger partial charge in [-0.3, -0.25) is 0 Å². The average molecular weight is 169 g/mol. The van der Waals surface area contributed by atoms with Gasteiger partial charge in [0.2, 0.25) is 0 Å². The second-order valence-electron chi connectivity index (χ2n) is 4.51. The third-order valence-electron chi connectivity index (χ3n) is 2.34. The molecule has 0 nitrogen and oxygen atoms in total. The van der Waals surface area contributed by atoms with Crippen LogP contribution in [0.2, 0.25) is 0 Å². The van der Waals surface area contributed by atoms with Crippen molar-refractivity contribution in [3.05, 3.63) is 5.92 Å². The van der Waals surface area contributed by atoms with Crippen molar-refractivity contribution in [1.82, 2.24) is 0 Å². The molecule has 73 valence electrons. The van der Waals surface area contributed by atoms with Crippen LogP contribution < -0.4 is 0 Å². The summed E-state index contributed by atoms with van der Waals surface area (Å²) < 4.78 is 0. The van der Waals surface area contributed by atoms with Gasteiger partial charge in [0, 0.05) is 0 Å². The smallest absolute Gasteiger partial charge is 0.0213 e. The second-order valence-corrected chi connectivity index (χ2v) is 4.51. The largest absolute Gasteiger partial charge is 0.0654 e. The van der Waals surface area contributed by atoms with E-state index in [1.165, 1.54) is 25.7 Å². The van der Waals surface area contributed by atoms with E-state index >= 15 is 0 Å². The fourth-order valence-electron chi connectivity index (χ4n) is 1.55. The molecule has 0 rings (SSSR count). The van der Waals surface area contributed by atoms with Crippen LogP contribution in [0, 0.1) is 17.8 Å². The first kappa shape index (κ1) is 12.0. The Hall–Kier alpha value is 0. The second kappa shape index (κ2) is 6.51. The standard InChI is InChI=1S/C12H25/c1-6-7-8-12(11(4)5)9-10(2)3/h10-11H,6-9H2,1-5H3. The minimum atomic E-state index is 0.791. The van der Waals surface area contributed by atoms with Crippen LogP contribution in [0.3, 0.4) is 0 Å². The number of rotatable bonds is 6. The molecule has 0 aromatic rings. The maximum absolute atomic E-state index is 2.33. The fourth-order valence-corrected chi connectivity index (χ4v) is 1.55. The summed E-state index contributed by atoms with van der Waals surface area (Å²) in [6, 6.07) is 0. The highest BCUT2D eigenvalue weighted by Crippen LogP contribution is 2.27. The molecular weight excluding hydrogens is 144 g/mol. The Labute approximate surface area is 78.8 Å². The zero-order valence-corrected chi connectivity index (χ0v) is 9.48. The summed E-state index contributed by atoms with van der Waals surface area (Å²) in [7, 11) is 0. The lowest BCUT2D eigenvalue weighted by atomic mass is 9.84. The van der Waals surface area contributed by atoms with E-state index in [0.717, 1.165) is 11.8 Å². The van der Waals surface area contributed by atoms with Gasteiger partial charge in [0.1, 0.15) is 0 Å². The maximum Gasteiger partial charge on any atom is -0.0213 e. The zero-order valence-electron chi connectivity index (χ0n) is 9.48. The van der Waals surface area contributed by atoms with E-state index in [4.69, 9.17) is 0 Å². The summed E-state index contributed by atoms with van der Waals surface area (Å²) in [5, 5.41) is 0. The molecule has 0 heteroatoms. The molecule has 0 atom stereocenters. The van der Waals surface area contributed by atoms with Crippen molar-refractivity contribution in [3.63, 3.8) is 0 Å².